The van der Waals surface area contributed by atoms with Gasteiger partial charge in [0.1, 0.15) is 6.04 Å². The summed E-state index contributed by atoms with van der Waals surface area (Å²) in [5.74, 6) is 0.936. The molecular formula is C19H20N2O2S. The SMILES string of the molecule is Cc1ccc(NC(=O)[C@H]2CSCN2C(=O)c2ccccc2)c(C)c1. The number of aryl methyl sites for hydroxylation is 2. The van der Waals surface area contributed by atoms with Crippen LogP contribution in [0.2, 0.25) is 0 Å². The van der Waals surface area contributed by atoms with Crippen LogP contribution in [-0.2, 0) is 4.79 Å². The lowest BCUT2D eigenvalue weighted by molar-refractivity contribution is -0.119. The maximum absolute atomic E-state index is 12.7. The molecule has 24 heavy (non-hydrogen) atoms. The first-order valence-corrected chi connectivity index (χ1v) is 9.03. The number of rotatable bonds is 3. The highest BCUT2D eigenvalue weighted by Crippen LogP contribution is 2.25. The van der Waals surface area contributed by atoms with Gasteiger partial charge in [0.15, 0.2) is 0 Å². The Morgan fingerprint density at radius 3 is 2.58 bits per heavy atom. The van der Waals surface area contributed by atoms with Gasteiger partial charge >= 0.3 is 0 Å². The molecule has 1 atom stereocenters. The Bertz CT molecular complexity index is 761. The summed E-state index contributed by atoms with van der Waals surface area (Å²) < 4.78 is 0. The zero-order valence-corrected chi connectivity index (χ0v) is 14.6. The second kappa shape index (κ2) is 7.09. The van der Waals surface area contributed by atoms with E-state index in [1.807, 2.05) is 50.2 Å². The van der Waals surface area contributed by atoms with Gasteiger partial charge in [-0.15, -0.1) is 11.8 Å². The lowest BCUT2D eigenvalue weighted by atomic mass is 10.1. The monoisotopic (exact) mass is 340 g/mol. The Morgan fingerprint density at radius 2 is 1.88 bits per heavy atom. The number of nitrogens with zero attached hydrogens (tertiary/aromatic N) is 1. The van der Waals surface area contributed by atoms with Gasteiger partial charge < -0.3 is 10.2 Å². The Kier molecular flexibility index (Phi) is 4.90. The van der Waals surface area contributed by atoms with Crippen molar-refractivity contribution in [2.24, 2.45) is 0 Å². The van der Waals surface area contributed by atoms with Gasteiger partial charge in [0, 0.05) is 17.0 Å². The molecule has 1 N–H and O–H groups in total. The molecule has 2 aromatic rings. The van der Waals surface area contributed by atoms with Gasteiger partial charge in [0.25, 0.3) is 5.91 Å². The minimum atomic E-state index is -0.441. The molecule has 0 aromatic heterocycles. The highest BCUT2D eigenvalue weighted by molar-refractivity contribution is 7.99. The lowest BCUT2D eigenvalue weighted by Gasteiger charge is -2.23. The first-order valence-electron chi connectivity index (χ1n) is 7.88. The minimum absolute atomic E-state index is 0.0959. The van der Waals surface area contributed by atoms with Crippen LogP contribution >= 0.6 is 11.8 Å². The van der Waals surface area contributed by atoms with E-state index in [1.165, 1.54) is 0 Å². The second-order valence-electron chi connectivity index (χ2n) is 5.96. The van der Waals surface area contributed by atoms with Crippen molar-refractivity contribution in [2.75, 3.05) is 16.9 Å². The second-order valence-corrected chi connectivity index (χ2v) is 6.96. The number of anilines is 1. The van der Waals surface area contributed by atoms with E-state index in [0.29, 0.717) is 17.2 Å². The molecule has 3 rings (SSSR count). The maximum Gasteiger partial charge on any atom is 0.255 e. The van der Waals surface area contributed by atoms with Crippen molar-refractivity contribution in [2.45, 2.75) is 19.9 Å². The summed E-state index contributed by atoms with van der Waals surface area (Å²) in [6.45, 7) is 3.99. The van der Waals surface area contributed by atoms with Gasteiger partial charge in [-0.2, -0.15) is 0 Å². The minimum Gasteiger partial charge on any atom is -0.324 e. The van der Waals surface area contributed by atoms with Crippen molar-refractivity contribution < 1.29 is 9.59 Å². The van der Waals surface area contributed by atoms with Crippen molar-refractivity contribution in [3.05, 3.63) is 65.2 Å². The molecule has 1 aliphatic rings. The summed E-state index contributed by atoms with van der Waals surface area (Å²) in [6, 6.07) is 14.6. The molecule has 1 heterocycles. The number of benzene rings is 2. The van der Waals surface area contributed by atoms with Crippen molar-refractivity contribution in [3.63, 3.8) is 0 Å². The third-order valence-electron chi connectivity index (χ3n) is 4.11. The van der Waals surface area contributed by atoms with Crippen molar-refractivity contribution in [3.8, 4) is 0 Å². The summed E-state index contributed by atoms with van der Waals surface area (Å²) in [5.41, 5.74) is 3.59. The molecule has 0 saturated carbocycles. The predicted molar refractivity (Wildman–Crippen MR) is 98.3 cm³/mol. The molecule has 1 aliphatic heterocycles. The molecule has 0 spiro atoms. The molecule has 0 aliphatic carbocycles. The zero-order chi connectivity index (χ0) is 17.1. The van der Waals surface area contributed by atoms with E-state index in [1.54, 1.807) is 28.8 Å². The molecule has 124 valence electrons. The van der Waals surface area contributed by atoms with Gasteiger partial charge in [-0.1, -0.05) is 35.9 Å². The molecule has 1 fully saturated rings. The zero-order valence-electron chi connectivity index (χ0n) is 13.8. The highest BCUT2D eigenvalue weighted by Gasteiger charge is 2.35. The number of carbonyl (C=O) groups is 2. The number of thioether (sulfide) groups is 1. The molecule has 2 aromatic carbocycles. The molecule has 1 saturated heterocycles. The van der Waals surface area contributed by atoms with E-state index in [9.17, 15) is 9.59 Å². The van der Waals surface area contributed by atoms with E-state index in [4.69, 9.17) is 0 Å². The van der Waals surface area contributed by atoms with Crippen LogP contribution in [0, 0.1) is 13.8 Å². The molecule has 4 nitrogen and oxygen atoms in total. The van der Waals surface area contributed by atoms with E-state index in [0.717, 1.165) is 16.8 Å². The van der Waals surface area contributed by atoms with Crippen LogP contribution < -0.4 is 5.32 Å². The van der Waals surface area contributed by atoms with Crippen LogP contribution in [-0.4, -0.2) is 34.4 Å². The van der Waals surface area contributed by atoms with Crippen LogP contribution in [0.15, 0.2) is 48.5 Å². The highest BCUT2D eigenvalue weighted by atomic mass is 32.2. The maximum atomic E-state index is 12.7. The summed E-state index contributed by atoms with van der Waals surface area (Å²) in [4.78, 5) is 27.0. The average molecular weight is 340 g/mol. The first-order chi connectivity index (χ1) is 11.6. The van der Waals surface area contributed by atoms with Gasteiger partial charge in [0.2, 0.25) is 5.91 Å². The normalized spacial score (nSPS) is 16.9. The molecule has 0 radical (unpaired) electrons. The van der Waals surface area contributed by atoms with Gasteiger partial charge in [-0.3, -0.25) is 9.59 Å². The van der Waals surface area contributed by atoms with E-state index < -0.39 is 6.04 Å². The van der Waals surface area contributed by atoms with Crippen LogP contribution in [0.5, 0.6) is 0 Å². The number of nitrogens with one attached hydrogen (secondary N) is 1. The molecule has 0 bridgehead atoms. The predicted octanol–water partition coefficient (Wildman–Crippen LogP) is 3.46. The largest absolute Gasteiger partial charge is 0.324 e. The molecule has 2 amide bonds. The number of amides is 2. The standard InChI is InChI=1S/C19H20N2O2S/c1-13-8-9-16(14(2)10-13)20-18(22)17-11-24-12-21(17)19(23)15-6-4-3-5-7-15/h3-10,17H,11-12H2,1-2H3,(H,20,22)/t17-/m1/s1. The Hall–Kier alpha value is -2.27. The Balaban J connectivity index is 1.75. The first kappa shape index (κ1) is 16.6. The van der Waals surface area contributed by atoms with Crippen LogP contribution in [0.1, 0.15) is 21.5 Å². The third kappa shape index (κ3) is 3.46. The number of hydrogen-bond donors (Lipinski definition) is 1. The smallest absolute Gasteiger partial charge is 0.255 e. The number of carbonyl (C=O) groups excluding carboxylic acids is 2. The summed E-state index contributed by atoms with van der Waals surface area (Å²) in [6.07, 6.45) is 0. The van der Waals surface area contributed by atoms with E-state index >= 15 is 0 Å². The summed E-state index contributed by atoms with van der Waals surface area (Å²) >= 11 is 1.60. The van der Waals surface area contributed by atoms with Crippen LogP contribution in [0.3, 0.4) is 0 Å². The summed E-state index contributed by atoms with van der Waals surface area (Å²) in [5, 5.41) is 2.97. The topological polar surface area (TPSA) is 49.4 Å². The fourth-order valence-electron chi connectivity index (χ4n) is 2.78. The molecule has 0 unspecified atom stereocenters. The molecule has 5 heteroatoms. The fraction of sp³-hybridized carbons (Fsp3) is 0.263. The van der Waals surface area contributed by atoms with E-state index in [2.05, 4.69) is 5.32 Å². The Morgan fingerprint density at radius 1 is 1.12 bits per heavy atom. The van der Waals surface area contributed by atoms with E-state index in [-0.39, 0.29) is 11.8 Å². The van der Waals surface area contributed by atoms with Crippen molar-refractivity contribution >= 4 is 29.3 Å². The quantitative estimate of drug-likeness (QED) is 0.931. The van der Waals surface area contributed by atoms with Crippen molar-refractivity contribution in [1.82, 2.24) is 4.90 Å². The van der Waals surface area contributed by atoms with Gasteiger partial charge in [-0.25, -0.2) is 0 Å². The number of hydrogen-bond acceptors (Lipinski definition) is 3. The average Bonchev–Trinajstić information content (AvgIpc) is 3.07. The lowest BCUT2D eigenvalue weighted by Crippen LogP contribution is -2.44. The van der Waals surface area contributed by atoms with Crippen LogP contribution in [0.25, 0.3) is 0 Å². The van der Waals surface area contributed by atoms with Crippen molar-refractivity contribution in [1.29, 1.82) is 0 Å². The summed E-state index contributed by atoms with van der Waals surface area (Å²) in [7, 11) is 0. The van der Waals surface area contributed by atoms with Gasteiger partial charge in [-0.05, 0) is 37.6 Å². The van der Waals surface area contributed by atoms with Crippen LogP contribution in [0.4, 0.5) is 5.69 Å². The van der Waals surface area contributed by atoms with Gasteiger partial charge in [0.05, 0.1) is 5.88 Å². The molecular weight excluding hydrogens is 320 g/mol. The Labute approximate surface area is 146 Å². The third-order valence-corrected chi connectivity index (χ3v) is 5.12. The fourth-order valence-corrected chi connectivity index (χ4v) is 3.93.